The van der Waals surface area contributed by atoms with Crippen molar-refractivity contribution < 1.29 is 14.6 Å². The lowest BCUT2D eigenvalue weighted by Gasteiger charge is -2.33. The van der Waals surface area contributed by atoms with Gasteiger partial charge in [0.1, 0.15) is 0 Å². The molecule has 1 aromatic carbocycles. The zero-order valence-corrected chi connectivity index (χ0v) is 10.7. The number of carbonyl (C=O) groups is 1. The van der Waals surface area contributed by atoms with Gasteiger partial charge in [-0.25, -0.2) is 0 Å². The fourth-order valence-electron chi connectivity index (χ4n) is 2.05. The molecule has 0 spiro atoms. The van der Waals surface area contributed by atoms with Crippen LogP contribution in [0.4, 0.5) is 0 Å². The van der Waals surface area contributed by atoms with E-state index in [2.05, 4.69) is 16.7 Å². The Morgan fingerprint density at radius 2 is 2.21 bits per heavy atom. The van der Waals surface area contributed by atoms with Gasteiger partial charge < -0.3 is 9.84 Å². The van der Waals surface area contributed by atoms with Crippen LogP contribution in [0.1, 0.15) is 12.0 Å². The molecule has 0 aromatic heterocycles. The van der Waals surface area contributed by atoms with Gasteiger partial charge in [-0.2, -0.15) is 0 Å². The van der Waals surface area contributed by atoms with Crippen LogP contribution in [-0.2, 0) is 9.53 Å². The molecular formula is C15H17NO3. The van der Waals surface area contributed by atoms with Crippen LogP contribution in [-0.4, -0.2) is 48.3 Å². The van der Waals surface area contributed by atoms with Gasteiger partial charge in [0.15, 0.2) is 0 Å². The molecule has 1 aromatic rings. The number of aliphatic carboxylic acids is 1. The molecule has 0 aliphatic carbocycles. The molecule has 4 heteroatoms. The maximum atomic E-state index is 10.8. The number of hydrogen-bond donors (Lipinski definition) is 1. The van der Waals surface area contributed by atoms with E-state index in [-0.39, 0.29) is 12.5 Å². The van der Waals surface area contributed by atoms with E-state index in [1.807, 2.05) is 30.3 Å². The summed E-state index contributed by atoms with van der Waals surface area (Å²) in [6.07, 6.45) is 0.104. The van der Waals surface area contributed by atoms with Crippen molar-refractivity contribution >= 4 is 5.97 Å². The zero-order chi connectivity index (χ0) is 13.5. The second kappa shape index (κ2) is 6.93. The Labute approximate surface area is 113 Å². The summed E-state index contributed by atoms with van der Waals surface area (Å²) in [4.78, 5) is 12.9. The van der Waals surface area contributed by atoms with Crippen molar-refractivity contribution in [2.45, 2.75) is 12.5 Å². The van der Waals surface area contributed by atoms with Crippen LogP contribution in [0.5, 0.6) is 0 Å². The predicted molar refractivity (Wildman–Crippen MR) is 71.8 cm³/mol. The van der Waals surface area contributed by atoms with Crippen LogP contribution in [0.15, 0.2) is 30.3 Å². The average Bonchev–Trinajstić information content (AvgIpc) is 2.41. The van der Waals surface area contributed by atoms with E-state index in [0.29, 0.717) is 19.8 Å². The van der Waals surface area contributed by atoms with E-state index in [1.54, 1.807) is 0 Å². The first-order valence-electron chi connectivity index (χ1n) is 6.33. The summed E-state index contributed by atoms with van der Waals surface area (Å²) in [6, 6.07) is 9.70. The third-order valence-electron chi connectivity index (χ3n) is 3.05. The van der Waals surface area contributed by atoms with Crippen molar-refractivity contribution in [3.63, 3.8) is 0 Å². The van der Waals surface area contributed by atoms with Gasteiger partial charge in [0, 0.05) is 18.2 Å². The fourth-order valence-corrected chi connectivity index (χ4v) is 2.05. The monoisotopic (exact) mass is 259 g/mol. The lowest BCUT2D eigenvalue weighted by Crippen LogP contribution is -2.46. The number of ether oxygens (including phenoxy) is 1. The third kappa shape index (κ3) is 4.40. The number of benzene rings is 1. The second-order valence-corrected chi connectivity index (χ2v) is 4.46. The fraction of sp³-hybridized carbons (Fsp3) is 0.400. The van der Waals surface area contributed by atoms with E-state index in [4.69, 9.17) is 9.84 Å². The molecule has 100 valence electrons. The van der Waals surface area contributed by atoms with Crippen LogP contribution < -0.4 is 0 Å². The minimum atomic E-state index is -0.795. The van der Waals surface area contributed by atoms with E-state index < -0.39 is 5.97 Å². The third-order valence-corrected chi connectivity index (χ3v) is 3.05. The van der Waals surface area contributed by atoms with Crippen molar-refractivity contribution in [1.82, 2.24) is 4.90 Å². The highest BCUT2D eigenvalue weighted by Gasteiger charge is 2.24. The van der Waals surface area contributed by atoms with Gasteiger partial charge in [0.25, 0.3) is 0 Å². The minimum absolute atomic E-state index is 0.0728. The van der Waals surface area contributed by atoms with Gasteiger partial charge in [-0.15, -0.1) is 0 Å². The summed E-state index contributed by atoms with van der Waals surface area (Å²) in [6.45, 7) is 2.43. The van der Waals surface area contributed by atoms with Crippen LogP contribution >= 0.6 is 0 Å². The summed E-state index contributed by atoms with van der Waals surface area (Å²) in [7, 11) is 0. The Balaban J connectivity index is 1.93. The lowest BCUT2D eigenvalue weighted by atomic mass is 10.1. The van der Waals surface area contributed by atoms with E-state index >= 15 is 0 Å². The first-order chi connectivity index (χ1) is 9.25. The molecule has 19 heavy (non-hydrogen) atoms. The normalized spacial score (nSPS) is 19.5. The number of carboxylic acids is 1. The molecule has 2 rings (SSSR count). The first kappa shape index (κ1) is 13.6. The van der Waals surface area contributed by atoms with Crippen molar-refractivity contribution in [2.24, 2.45) is 0 Å². The summed E-state index contributed by atoms with van der Waals surface area (Å²) < 4.78 is 5.32. The highest BCUT2D eigenvalue weighted by Crippen LogP contribution is 2.09. The molecule has 0 saturated carbocycles. The lowest BCUT2D eigenvalue weighted by molar-refractivity contribution is -0.140. The quantitative estimate of drug-likeness (QED) is 0.829. The average molecular weight is 259 g/mol. The standard InChI is InChI=1S/C15H17NO3/c17-15(18)11-14-12-19-10-9-16(14)8-4-7-13-5-2-1-3-6-13/h1-3,5-6,14H,8-12H2,(H,17,18). The Bertz CT molecular complexity index is 475. The van der Waals surface area contributed by atoms with Crippen LogP contribution in [0.2, 0.25) is 0 Å². The van der Waals surface area contributed by atoms with E-state index in [0.717, 1.165) is 12.1 Å². The molecule has 1 heterocycles. The number of morpholine rings is 1. The number of carboxylic acid groups (broad SMARTS) is 1. The Morgan fingerprint density at radius 1 is 1.42 bits per heavy atom. The summed E-state index contributed by atoms with van der Waals surface area (Å²) >= 11 is 0. The van der Waals surface area contributed by atoms with Gasteiger partial charge in [-0.3, -0.25) is 9.69 Å². The SMILES string of the molecule is O=C(O)CC1COCCN1CC#Cc1ccccc1. The van der Waals surface area contributed by atoms with Crippen molar-refractivity contribution in [3.8, 4) is 11.8 Å². The maximum absolute atomic E-state index is 10.8. The maximum Gasteiger partial charge on any atom is 0.305 e. The molecule has 1 atom stereocenters. The number of rotatable bonds is 3. The van der Waals surface area contributed by atoms with Gasteiger partial charge >= 0.3 is 5.97 Å². The molecule has 0 amide bonds. The smallest absolute Gasteiger partial charge is 0.305 e. The van der Waals surface area contributed by atoms with Gasteiger partial charge in [0.2, 0.25) is 0 Å². The van der Waals surface area contributed by atoms with Crippen LogP contribution in [0.3, 0.4) is 0 Å². The predicted octanol–water partition coefficient (Wildman–Crippen LogP) is 1.21. The number of nitrogens with zero attached hydrogens (tertiary/aromatic N) is 1. The van der Waals surface area contributed by atoms with Crippen LogP contribution in [0, 0.1) is 11.8 Å². The highest BCUT2D eigenvalue weighted by molar-refractivity contribution is 5.67. The van der Waals surface area contributed by atoms with Gasteiger partial charge in [-0.1, -0.05) is 30.0 Å². The summed E-state index contributed by atoms with van der Waals surface area (Å²) in [5, 5.41) is 8.87. The second-order valence-electron chi connectivity index (χ2n) is 4.46. The van der Waals surface area contributed by atoms with Gasteiger partial charge in [-0.05, 0) is 12.1 Å². The Hall–Kier alpha value is -1.83. The van der Waals surface area contributed by atoms with Crippen molar-refractivity contribution in [1.29, 1.82) is 0 Å². The van der Waals surface area contributed by atoms with Crippen molar-refractivity contribution in [3.05, 3.63) is 35.9 Å². The molecule has 0 radical (unpaired) electrons. The molecular weight excluding hydrogens is 242 g/mol. The van der Waals surface area contributed by atoms with Gasteiger partial charge in [0.05, 0.1) is 26.2 Å². The topological polar surface area (TPSA) is 49.8 Å². The minimum Gasteiger partial charge on any atom is -0.481 e. The van der Waals surface area contributed by atoms with Crippen molar-refractivity contribution in [2.75, 3.05) is 26.3 Å². The zero-order valence-electron chi connectivity index (χ0n) is 10.7. The molecule has 0 bridgehead atoms. The Morgan fingerprint density at radius 3 is 2.95 bits per heavy atom. The number of hydrogen-bond acceptors (Lipinski definition) is 3. The molecule has 1 N–H and O–H groups in total. The molecule has 4 nitrogen and oxygen atoms in total. The molecule has 1 unspecified atom stereocenters. The molecule has 1 aliphatic heterocycles. The summed E-state index contributed by atoms with van der Waals surface area (Å²) in [5.74, 6) is 5.39. The van der Waals surface area contributed by atoms with E-state index in [1.165, 1.54) is 0 Å². The largest absolute Gasteiger partial charge is 0.481 e. The van der Waals surface area contributed by atoms with Crippen LogP contribution in [0.25, 0.3) is 0 Å². The summed E-state index contributed by atoms with van der Waals surface area (Å²) in [5.41, 5.74) is 0.977. The highest BCUT2D eigenvalue weighted by atomic mass is 16.5. The molecule has 1 saturated heterocycles. The van der Waals surface area contributed by atoms with E-state index in [9.17, 15) is 4.79 Å². The Kier molecular flexibility index (Phi) is 4.96. The first-order valence-corrected chi connectivity index (χ1v) is 6.33. The molecule has 1 fully saturated rings. The molecule has 1 aliphatic rings.